The average Bonchev–Trinajstić information content (AvgIpc) is 3.02. The minimum absolute atomic E-state index is 0. The third-order valence-electron chi connectivity index (χ3n) is 5.31. The van der Waals surface area contributed by atoms with Gasteiger partial charge in [0.05, 0.1) is 0 Å². The molecule has 2 heterocycles. The van der Waals surface area contributed by atoms with Crippen LogP contribution >= 0.6 is 0 Å². The van der Waals surface area contributed by atoms with Crippen molar-refractivity contribution >= 4 is 0 Å². The van der Waals surface area contributed by atoms with E-state index < -0.39 is 0 Å². The van der Waals surface area contributed by atoms with Crippen molar-refractivity contribution in [2.75, 3.05) is 27.2 Å². The summed E-state index contributed by atoms with van der Waals surface area (Å²) in [4.78, 5) is 5.03. The predicted molar refractivity (Wildman–Crippen MR) is 93.1 cm³/mol. The Kier molecular flexibility index (Phi) is 7.49. The van der Waals surface area contributed by atoms with Crippen LogP contribution in [0.3, 0.4) is 0 Å². The molecule has 4 heteroatoms. The van der Waals surface area contributed by atoms with E-state index >= 15 is 0 Å². The molecule has 2 aliphatic rings. The van der Waals surface area contributed by atoms with E-state index in [-0.39, 0.29) is 11.6 Å². The van der Waals surface area contributed by atoms with Gasteiger partial charge in [0.25, 0.3) is 0 Å². The van der Waals surface area contributed by atoms with Crippen molar-refractivity contribution in [1.29, 1.82) is 0 Å². The van der Waals surface area contributed by atoms with Crippen molar-refractivity contribution in [3.8, 4) is 0 Å². The molecule has 0 amide bonds. The van der Waals surface area contributed by atoms with Gasteiger partial charge < -0.3 is 21.4 Å². The lowest BCUT2D eigenvalue weighted by Crippen LogP contribution is -2.27. The number of nitrogens with zero attached hydrogens (tertiary/aromatic N) is 2. The zero-order valence-electron chi connectivity index (χ0n) is 14.5. The Morgan fingerprint density at radius 3 is 1.45 bits per heavy atom. The minimum atomic E-state index is 0. The second kappa shape index (κ2) is 8.63. The van der Waals surface area contributed by atoms with Crippen LogP contribution in [0.1, 0.15) is 36.8 Å². The monoisotopic (exact) mass is 307 g/mol. The van der Waals surface area contributed by atoms with Crippen LogP contribution in [0.5, 0.6) is 0 Å². The van der Waals surface area contributed by atoms with Gasteiger partial charge in [-0.05, 0) is 76.8 Å². The standard InChI is InChI=1S/C18H28N2.H3N.H2O/c1-19-11-3-5-17(19)13-15-7-9-16(10-8-15)14-18-6-4-12-20(18)2;;/h7-10,17-18H,3-6,11-14H2,1-2H3;1H3;1H2. The molecule has 0 aliphatic carbocycles. The second-order valence-electron chi connectivity index (χ2n) is 6.78. The van der Waals surface area contributed by atoms with Crippen molar-refractivity contribution in [3.05, 3.63) is 35.4 Å². The average molecular weight is 307 g/mol. The first-order chi connectivity index (χ1) is 9.72. The van der Waals surface area contributed by atoms with Crippen LogP contribution in [0.15, 0.2) is 24.3 Å². The molecule has 2 atom stereocenters. The number of likely N-dealkylation sites (tertiary alicyclic amines) is 2. The van der Waals surface area contributed by atoms with E-state index in [1.54, 1.807) is 0 Å². The molecule has 2 unspecified atom stereocenters. The topological polar surface area (TPSA) is 73.0 Å². The largest absolute Gasteiger partial charge is 0.870 e. The molecule has 0 spiro atoms. The summed E-state index contributed by atoms with van der Waals surface area (Å²) in [5, 5.41) is 0. The fraction of sp³-hybridized carbons (Fsp3) is 0.667. The molecule has 1 aromatic rings. The number of benzene rings is 1. The highest BCUT2D eigenvalue weighted by Crippen LogP contribution is 2.22. The van der Waals surface area contributed by atoms with E-state index in [0.717, 1.165) is 12.1 Å². The van der Waals surface area contributed by atoms with Crippen molar-refractivity contribution in [3.63, 3.8) is 0 Å². The number of quaternary nitrogens is 1. The van der Waals surface area contributed by atoms with Crippen LogP contribution in [-0.2, 0) is 12.8 Å². The van der Waals surface area contributed by atoms with Crippen molar-refractivity contribution < 1.29 is 5.48 Å². The fourth-order valence-corrected chi connectivity index (χ4v) is 3.83. The van der Waals surface area contributed by atoms with Crippen LogP contribution in [-0.4, -0.2) is 54.5 Å². The molecular weight excluding hydrogens is 274 g/mol. The molecule has 0 aromatic heterocycles. The lowest BCUT2D eigenvalue weighted by Gasteiger charge is -2.20. The first-order valence-corrected chi connectivity index (χ1v) is 8.20. The summed E-state index contributed by atoms with van der Waals surface area (Å²) in [7, 11) is 4.53. The van der Waals surface area contributed by atoms with E-state index in [0.29, 0.717) is 0 Å². The van der Waals surface area contributed by atoms with Crippen LogP contribution in [0.25, 0.3) is 0 Å². The summed E-state index contributed by atoms with van der Waals surface area (Å²) in [6, 6.07) is 11.0. The molecule has 0 saturated carbocycles. The third kappa shape index (κ3) is 4.53. The van der Waals surface area contributed by atoms with Gasteiger partial charge in [-0.2, -0.15) is 0 Å². The molecule has 0 radical (unpaired) electrons. The number of likely N-dealkylation sites (N-methyl/N-ethyl adjacent to an activating group) is 2. The molecule has 5 N–H and O–H groups in total. The highest BCUT2D eigenvalue weighted by molar-refractivity contribution is 5.24. The predicted octanol–water partition coefficient (Wildman–Crippen LogP) is 3.16. The zero-order chi connectivity index (χ0) is 13.9. The van der Waals surface area contributed by atoms with Gasteiger partial charge in [0.15, 0.2) is 0 Å². The Hall–Kier alpha value is -0.940. The van der Waals surface area contributed by atoms with E-state index in [1.807, 2.05) is 0 Å². The van der Waals surface area contributed by atoms with Gasteiger partial charge in [-0.1, -0.05) is 24.3 Å². The van der Waals surface area contributed by atoms with Gasteiger partial charge in [0.2, 0.25) is 0 Å². The van der Waals surface area contributed by atoms with Crippen molar-refractivity contribution in [2.45, 2.75) is 50.6 Å². The van der Waals surface area contributed by atoms with Crippen molar-refractivity contribution in [2.24, 2.45) is 0 Å². The lowest BCUT2D eigenvalue weighted by molar-refractivity contribution is 0.308. The minimum Gasteiger partial charge on any atom is -0.870 e. The van der Waals surface area contributed by atoms with Crippen LogP contribution in [0.4, 0.5) is 0 Å². The molecule has 4 nitrogen and oxygen atoms in total. The maximum atomic E-state index is 2.52. The summed E-state index contributed by atoms with van der Waals surface area (Å²) < 4.78 is 0. The first kappa shape index (κ1) is 19.1. The van der Waals surface area contributed by atoms with Crippen LogP contribution in [0, 0.1) is 0 Å². The molecule has 126 valence electrons. The Morgan fingerprint density at radius 1 is 0.818 bits per heavy atom. The van der Waals surface area contributed by atoms with Gasteiger partial charge in [0.1, 0.15) is 0 Å². The van der Waals surface area contributed by atoms with Crippen LogP contribution < -0.4 is 6.15 Å². The van der Waals surface area contributed by atoms with Gasteiger partial charge in [0, 0.05) is 12.1 Å². The highest BCUT2D eigenvalue weighted by atomic mass is 16.0. The summed E-state index contributed by atoms with van der Waals surface area (Å²) in [6.07, 6.45) is 7.91. The van der Waals surface area contributed by atoms with E-state index in [9.17, 15) is 0 Å². The number of hydrogen-bond donors (Lipinski definition) is 1. The normalized spacial score (nSPS) is 25.7. The van der Waals surface area contributed by atoms with Gasteiger partial charge in [-0.25, -0.2) is 0 Å². The molecule has 1 aromatic carbocycles. The summed E-state index contributed by atoms with van der Waals surface area (Å²) >= 11 is 0. The Balaban J connectivity index is 0.00000121. The number of hydrogen-bond acceptors (Lipinski definition) is 3. The fourth-order valence-electron chi connectivity index (χ4n) is 3.83. The maximum Gasteiger partial charge on any atom is 0.0133 e. The molecule has 22 heavy (non-hydrogen) atoms. The van der Waals surface area contributed by atoms with Gasteiger partial charge in [-0.15, -0.1) is 0 Å². The van der Waals surface area contributed by atoms with E-state index in [4.69, 9.17) is 0 Å². The van der Waals surface area contributed by atoms with Gasteiger partial charge >= 0.3 is 0 Å². The SMILES string of the molecule is CN1CCCC1Cc1ccc(CC2CCCN2C)cc1.[NH4+].[OH-]. The molecule has 2 fully saturated rings. The van der Waals surface area contributed by atoms with Crippen LogP contribution in [0.2, 0.25) is 0 Å². The Bertz CT molecular complexity index is 393. The third-order valence-corrected chi connectivity index (χ3v) is 5.31. The molecule has 3 rings (SSSR count). The summed E-state index contributed by atoms with van der Waals surface area (Å²) in [5.74, 6) is 0. The molecular formula is C18H33N3O. The first-order valence-electron chi connectivity index (χ1n) is 8.20. The maximum absolute atomic E-state index is 2.52. The molecule has 2 aliphatic heterocycles. The number of rotatable bonds is 4. The zero-order valence-corrected chi connectivity index (χ0v) is 14.5. The quantitative estimate of drug-likeness (QED) is 0.928. The van der Waals surface area contributed by atoms with E-state index in [2.05, 4.69) is 48.2 Å². The molecule has 0 bridgehead atoms. The highest BCUT2D eigenvalue weighted by Gasteiger charge is 2.22. The van der Waals surface area contributed by atoms with Gasteiger partial charge in [-0.3, -0.25) is 0 Å². The second-order valence-corrected chi connectivity index (χ2v) is 6.78. The van der Waals surface area contributed by atoms with E-state index in [1.165, 1.54) is 62.7 Å². The smallest absolute Gasteiger partial charge is 0.0133 e. The summed E-state index contributed by atoms with van der Waals surface area (Å²) in [6.45, 7) is 2.55. The Labute approximate surface area is 135 Å². The lowest BCUT2D eigenvalue weighted by atomic mass is 9.99. The van der Waals surface area contributed by atoms with Crippen molar-refractivity contribution in [1.82, 2.24) is 16.0 Å². The Morgan fingerprint density at radius 2 is 1.18 bits per heavy atom. The molecule has 2 saturated heterocycles. The summed E-state index contributed by atoms with van der Waals surface area (Å²) in [5.41, 5.74) is 3.01.